The van der Waals surface area contributed by atoms with Gasteiger partial charge in [0.25, 0.3) is 0 Å². The molecule has 0 saturated carbocycles. The van der Waals surface area contributed by atoms with Crippen LogP contribution in [0.5, 0.6) is 0 Å². The maximum atomic E-state index is 10.3. The summed E-state index contributed by atoms with van der Waals surface area (Å²) in [5.74, 6) is 0. The second kappa shape index (κ2) is 3.54. The molecule has 0 aliphatic carbocycles. The Hall–Kier alpha value is -1.57. The van der Waals surface area contributed by atoms with Gasteiger partial charge in [-0.15, -0.1) is 0 Å². The molecule has 76 valence electrons. The lowest BCUT2D eigenvalue weighted by atomic mass is 10.2. The quantitative estimate of drug-likeness (QED) is 0.537. The van der Waals surface area contributed by atoms with Crippen LogP contribution in [0.2, 0.25) is 5.02 Å². The zero-order chi connectivity index (χ0) is 11.0. The average molecular weight is 221 g/mol. The Morgan fingerprint density at radius 2 is 2.20 bits per heavy atom. The highest BCUT2D eigenvalue weighted by atomic mass is 35.5. The van der Waals surface area contributed by atoms with Gasteiger partial charge in [0, 0.05) is 23.2 Å². The summed E-state index contributed by atoms with van der Waals surface area (Å²) >= 11 is 5.90. The SMILES string of the molecule is Cc1c(N=C=O)c2cc(Cl)ccc2n1C. The second-order valence-electron chi connectivity index (χ2n) is 3.36. The number of hydrogen-bond donors (Lipinski definition) is 0. The van der Waals surface area contributed by atoms with E-state index in [1.807, 2.05) is 30.7 Å². The van der Waals surface area contributed by atoms with Gasteiger partial charge >= 0.3 is 0 Å². The van der Waals surface area contributed by atoms with Crippen LogP contribution in [0.25, 0.3) is 10.9 Å². The minimum Gasteiger partial charge on any atom is -0.346 e. The van der Waals surface area contributed by atoms with E-state index in [1.54, 1.807) is 12.1 Å². The summed E-state index contributed by atoms with van der Waals surface area (Å²) in [6.45, 7) is 1.91. The molecule has 0 bridgehead atoms. The van der Waals surface area contributed by atoms with Crippen molar-refractivity contribution in [2.45, 2.75) is 6.92 Å². The molecule has 1 heterocycles. The van der Waals surface area contributed by atoms with E-state index < -0.39 is 0 Å². The fourth-order valence-electron chi connectivity index (χ4n) is 1.71. The van der Waals surface area contributed by atoms with Crippen molar-refractivity contribution in [2.24, 2.45) is 12.0 Å². The minimum absolute atomic E-state index is 0.635. The maximum Gasteiger partial charge on any atom is 0.240 e. The molecule has 2 aromatic rings. The lowest BCUT2D eigenvalue weighted by Gasteiger charge is -1.97. The first kappa shape index (κ1) is 9.97. The van der Waals surface area contributed by atoms with Gasteiger partial charge in [-0.3, -0.25) is 0 Å². The molecule has 0 aliphatic rings. The molecule has 0 N–H and O–H groups in total. The van der Waals surface area contributed by atoms with Crippen molar-refractivity contribution >= 4 is 34.3 Å². The van der Waals surface area contributed by atoms with Crippen LogP contribution >= 0.6 is 11.6 Å². The van der Waals surface area contributed by atoms with Crippen molar-refractivity contribution in [1.29, 1.82) is 0 Å². The number of aryl methyl sites for hydroxylation is 1. The second-order valence-corrected chi connectivity index (χ2v) is 3.79. The van der Waals surface area contributed by atoms with E-state index in [2.05, 4.69) is 4.99 Å². The number of carbonyl (C=O) groups excluding carboxylic acids is 1. The Morgan fingerprint density at radius 3 is 2.87 bits per heavy atom. The summed E-state index contributed by atoms with van der Waals surface area (Å²) < 4.78 is 1.97. The maximum absolute atomic E-state index is 10.3. The van der Waals surface area contributed by atoms with Crippen molar-refractivity contribution in [3.63, 3.8) is 0 Å². The predicted octanol–water partition coefficient (Wildman–Crippen LogP) is 3.11. The van der Waals surface area contributed by atoms with Gasteiger partial charge in [0.05, 0.1) is 5.52 Å². The molecule has 0 amide bonds. The van der Waals surface area contributed by atoms with Crippen LogP contribution < -0.4 is 0 Å². The van der Waals surface area contributed by atoms with E-state index in [0.29, 0.717) is 10.7 Å². The zero-order valence-corrected chi connectivity index (χ0v) is 9.17. The topological polar surface area (TPSA) is 34.4 Å². The number of halogens is 1. The van der Waals surface area contributed by atoms with Crippen LogP contribution in [0.15, 0.2) is 23.2 Å². The van der Waals surface area contributed by atoms with Crippen LogP contribution in [-0.4, -0.2) is 10.6 Å². The van der Waals surface area contributed by atoms with Gasteiger partial charge in [0.1, 0.15) is 5.69 Å². The summed E-state index contributed by atoms with van der Waals surface area (Å²) in [6.07, 6.45) is 1.57. The van der Waals surface area contributed by atoms with E-state index in [9.17, 15) is 4.79 Å². The molecule has 0 saturated heterocycles. The molecule has 2 rings (SSSR count). The fraction of sp³-hybridized carbons (Fsp3) is 0.182. The molecule has 0 radical (unpaired) electrons. The summed E-state index contributed by atoms with van der Waals surface area (Å²) in [5, 5.41) is 1.52. The molecule has 0 atom stereocenters. The first-order chi connectivity index (χ1) is 7.15. The third-order valence-electron chi connectivity index (χ3n) is 2.58. The Kier molecular flexibility index (Phi) is 2.35. The number of fused-ring (bicyclic) bond motifs is 1. The monoisotopic (exact) mass is 220 g/mol. The van der Waals surface area contributed by atoms with Gasteiger partial charge in [-0.25, -0.2) is 4.79 Å². The Labute approximate surface area is 92.0 Å². The molecule has 4 heteroatoms. The van der Waals surface area contributed by atoms with Gasteiger partial charge in [-0.1, -0.05) is 11.6 Å². The molecule has 1 aromatic heterocycles. The number of isocyanates is 1. The fourth-order valence-corrected chi connectivity index (χ4v) is 1.88. The highest BCUT2D eigenvalue weighted by Gasteiger charge is 2.11. The van der Waals surface area contributed by atoms with E-state index in [-0.39, 0.29) is 0 Å². The Bertz CT molecular complexity index is 580. The lowest BCUT2D eigenvalue weighted by molar-refractivity contribution is 0.565. The van der Waals surface area contributed by atoms with Crippen LogP contribution in [0.3, 0.4) is 0 Å². The molecule has 3 nitrogen and oxygen atoms in total. The van der Waals surface area contributed by atoms with Gasteiger partial charge in [-0.05, 0) is 25.1 Å². The summed E-state index contributed by atoms with van der Waals surface area (Å²) in [6, 6.07) is 5.53. The van der Waals surface area contributed by atoms with Crippen molar-refractivity contribution in [3.8, 4) is 0 Å². The zero-order valence-electron chi connectivity index (χ0n) is 8.41. The molecule has 15 heavy (non-hydrogen) atoms. The van der Waals surface area contributed by atoms with Crippen LogP contribution in [0.1, 0.15) is 5.69 Å². The summed E-state index contributed by atoms with van der Waals surface area (Å²) in [5.41, 5.74) is 2.58. The number of aromatic nitrogens is 1. The van der Waals surface area contributed by atoms with Crippen LogP contribution in [0, 0.1) is 6.92 Å². The lowest BCUT2D eigenvalue weighted by Crippen LogP contribution is -1.88. The molecular formula is C11H9ClN2O. The number of benzene rings is 1. The summed E-state index contributed by atoms with van der Waals surface area (Å²) in [7, 11) is 1.93. The summed E-state index contributed by atoms with van der Waals surface area (Å²) in [4.78, 5) is 14.0. The molecule has 1 aromatic carbocycles. The highest BCUT2D eigenvalue weighted by molar-refractivity contribution is 6.31. The normalized spacial score (nSPS) is 10.3. The predicted molar refractivity (Wildman–Crippen MR) is 60.4 cm³/mol. The minimum atomic E-state index is 0.635. The third kappa shape index (κ3) is 1.46. The third-order valence-corrected chi connectivity index (χ3v) is 2.81. The molecule has 0 unspecified atom stereocenters. The van der Waals surface area contributed by atoms with Crippen molar-refractivity contribution in [2.75, 3.05) is 0 Å². The molecular weight excluding hydrogens is 212 g/mol. The number of aliphatic imine (C=N–C) groups is 1. The first-order valence-electron chi connectivity index (χ1n) is 4.47. The van der Waals surface area contributed by atoms with E-state index in [0.717, 1.165) is 16.6 Å². The number of nitrogens with zero attached hydrogens (tertiary/aromatic N) is 2. The number of rotatable bonds is 1. The Balaban J connectivity index is 2.94. The molecule has 0 fully saturated rings. The van der Waals surface area contributed by atoms with Gasteiger partial charge in [0.15, 0.2) is 0 Å². The van der Waals surface area contributed by atoms with Gasteiger partial charge < -0.3 is 4.57 Å². The van der Waals surface area contributed by atoms with Crippen LogP contribution in [0.4, 0.5) is 5.69 Å². The van der Waals surface area contributed by atoms with Gasteiger partial charge in [-0.2, -0.15) is 4.99 Å². The highest BCUT2D eigenvalue weighted by Crippen LogP contribution is 2.33. The standard InChI is InChI=1S/C11H9ClN2O/c1-7-11(13-6-15)9-5-8(12)3-4-10(9)14(7)2/h3-5H,1-2H3. The van der Waals surface area contributed by atoms with E-state index in [1.165, 1.54) is 0 Å². The van der Waals surface area contributed by atoms with Crippen LogP contribution in [-0.2, 0) is 11.8 Å². The van der Waals surface area contributed by atoms with Crippen molar-refractivity contribution < 1.29 is 4.79 Å². The molecule has 0 aliphatic heterocycles. The van der Waals surface area contributed by atoms with E-state index >= 15 is 0 Å². The smallest absolute Gasteiger partial charge is 0.240 e. The molecule has 0 spiro atoms. The van der Waals surface area contributed by atoms with E-state index in [4.69, 9.17) is 11.6 Å². The first-order valence-corrected chi connectivity index (χ1v) is 4.85. The Morgan fingerprint density at radius 1 is 1.47 bits per heavy atom. The van der Waals surface area contributed by atoms with Crippen molar-refractivity contribution in [3.05, 3.63) is 28.9 Å². The number of hydrogen-bond acceptors (Lipinski definition) is 2. The average Bonchev–Trinajstić information content (AvgIpc) is 2.44. The van der Waals surface area contributed by atoms with Gasteiger partial charge in [0.2, 0.25) is 6.08 Å². The van der Waals surface area contributed by atoms with Crippen molar-refractivity contribution in [1.82, 2.24) is 4.57 Å². The largest absolute Gasteiger partial charge is 0.346 e.